The van der Waals surface area contributed by atoms with Gasteiger partial charge in [0.05, 0.1) is 25.5 Å². The van der Waals surface area contributed by atoms with Crippen molar-refractivity contribution in [2.75, 3.05) is 19.5 Å². The number of carbonyl (C=O) groups is 2. The minimum Gasteiger partial charge on any atom is -0.505 e. The zero-order valence-electron chi connectivity index (χ0n) is 22.8. The Morgan fingerprint density at radius 1 is 0.833 bits per heavy atom. The molecule has 210 valence electrons. The average Bonchev–Trinajstić information content (AvgIpc) is 3.00. The van der Waals surface area contributed by atoms with Crippen LogP contribution in [0.25, 0.3) is 10.8 Å². The summed E-state index contributed by atoms with van der Waals surface area (Å²) in [5.41, 5.74) is 2.02. The number of phenols is 1. The minimum atomic E-state index is -0.596. The van der Waals surface area contributed by atoms with Gasteiger partial charge in [0.15, 0.2) is 11.5 Å². The maximum absolute atomic E-state index is 13.4. The van der Waals surface area contributed by atoms with Crippen molar-refractivity contribution in [1.29, 1.82) is 0 Å². The smallest absolute Gasteiger partial charge is 0.259 e. The molecule has 1 amide bonds. The number of anilines is 1. The largest absolute Gasteiger partial charge is 0.505 e. The first-order valence-corrected chi connectivity index (χ1v) is 13.3. The number of rotatable bonds is 9. The second-order valence-corrected chi connectivity index (χ2v) is 9.75. The van der Waals surface area contributed by atoms with Gasteiger partial charge in [-0.15, -0.1) is 10.2 Å². The summed E-state index contributed by atoms with van der Waals surface area (Å²) in [4.78, 5) is 26.3. The van der Waals surface area contributed by atoms with Crippen LogP contribution >= 0.6 is 11.6 Å². The third kappa shape index (κ3) is 6.09. The number of benzene rings is 5. The quantitative estimate of drug-likeness (QED) is 0.135. The molecular formula is C33H26ClN3O5. The number of amides is 1. The summed E-state index contributed by atoms with van der Waals surface area (Å²) in [5, 5.41) is 24.4. The molecule has 42 heavy (non-hydrogen) atoms. The van der Waals surface area contributed by atoms with Crippen LogP contribution in [0.1, 0.15) is 26.3 Å². The van der Waals surface area contributed by atoms with Gasteiger partial charge in [-0.05, 0) is 53.4 Å². The van der Waals surface area contributed by atoms with E-state index in [4.69, 9.17) is 21.1 Å². The van der Waals surface area contributed by atoms with E-state index in [0.717, 1.165) is 5.56 Å². The lowest BCUT2D eigenvalue weighted by atomic mass is 10.0. The highest BCUT2D eigenvalue weighted by molar-refractivity contribution is 6.31. The molecule has 5 aromatic carbocycles. The average molecular weight is 580 g/mol. The molecule has 0 saturated heterocycles. The number of azo groups is 1. The van der Waals surface area contributed by atoms with E-state index in [0.29, 0.717) is 44.2 Å². The summed E-state index contributed by atoms with van der Waals surface area (Å²) in [7, 11) is 2.96. The Morgan fingerprint density at radius 2 is 1.55 bits per heavy atom. The number of fused-ring (bicyclic) bond motifs is 1. The van der Waals surface area contributed by atoms with E-state index >= 15 is 0 Å². The number of phenolic OH excluding ortho intramolecular Hbond substituents is 1. The summed E-state index contributed by atoms with van der Waals surface area (Å²) in [6, 6.07) is 27.9. The third-order valence-electron chi connectivity index (χ3n) is 6.62. The Morgan fingerprint density at radius 3 is 2.31 bits per heavy atom. The topological polar surface area (TPSA) is 110 Å². The number of methoxy groups -OCH3 is 2. The van der Waals surface area contributed by atoms with Gasteiger partial charge in [0, 0.05) is 22.4 Å². The van der Waals surface area contributed by atoms with E-state index in [1.165, 1.54) is 14.2 Å². The molecule has 0 bridgehead atoms. The number of aromatic hydroxyl groups is 1. The first kappa shape index (κ1) is 28.3. The van der Waals surface area contributed by atoms with Crippen LogP contribution in [0, 0.1) is 0 Å². The molecule has 0 atom stereocenters. The maximum atomic E-state index is 13.4. The Bertz CT molecular complexity index is 1820. The van der Waals surface area contributed by atoms with E-state index in [9.17, 15) is 14.7 Å². The Kier molecular flexibility index (Phi) is 8.45. The highest BCUT2D eigenvalue weighted by atomic mass is 35.5. The number of nitrogens with one attached hydrogen (secondary N) is 1. The molecule has 8 nitrogen and oxygen atoms in total. The Labute approximate surface area is 247 Å². The first-order valence-electron chi connectivity index (χ1n) is 12.9. The molecule has 9 heteroatoms. The van der Waals surface area contributed by atoms with Gasteiger partial charge in [-0.25, -0.2) is 0 Å². The summed E-state index contributed by atoms with van der Waals surface area (Å²) in [6.07, 6.45) is 0.226. The maximum Gasteiger partial charge on any atom is 0.259 e. The van der Waals surface area contributed by atoms with E-state index in [-0.39, 0.29) is 29.2 Å². The van der Waals surface area contributed by atoms with Gasteiger partial charge in [-0.2, -0.15) is 0 Å². The summed E-state index contributed by atoms with van der Waals surface area (Å²) in [5.74, 6) is -0.265. The zero-order chi connectivity index (χ0) is 29.6. The van der Waals surface area contributed by atoms with Gasteiger partial charge >= 0.3 is 0 Å². The number of ketones is 1. The van der Waals surface area contributed by atoms with Crippen LogP contribution in [-0.2, 0) is 6.42 Å². The van der Waals surface area contributed by atoms with Gasteiger partial charge in [0.25, 0.3) is 5.91 Å². The van der Waals surface area contributed by atoms with Crippen LogP contribution in [0.5, 0.6) is 17.2 Å². The Hall–Kier alpha value is -5.21. The molecule has 0 spiro atoms. The fourth-order valence-corrected chi connectivity index (χ4v) is 4.66. The number of ether oxygens (including phenoxy) is 2. The van der Waals surface area contributed by atoms with Gasteiger partial charge in [0.2, 0.25) is 0 Å². The SMILES string of the molecule is COc1ccc(C(=O)Cc2ccccc2)cc1N=Nc1c(O)c(C(=O)Nc2cc(Cl)ccc2OC)cc2ccccc12. The molecule has 0 fully saturated rings. The van der Waals surface area contributed by atoms with E-state index in [1.54, 1.807) is 60.7 Å². The van der Waals surface area contributed by atoms with Gasteiger partial charge in [-0.1, -0.05) is 66.2 Å². The second-order valence-electron chi connectivity index (χ2n) is 9.31. The lowest BCUT2D eigenvalue weighted by Crippen LogP contribution is -2.13. The van der Waals surface area contributed by atoms with Crippen molar-refractivity contribution in [3.05, 3.63) is 119 Å². The summed E-state index contributed by atoms with van der Waals surface area (Å²) < 4.78 is 10.8. The van der Waals surface area contributed by atoms with E-state index < -0.39 is 5.91 Å². The first-order chi connectivity index (χ1) is 20.4. The molecule has 5 aromatic rings. The fourth-order valence-electron chi connectivity index (χ4n) is 4.49. The van der Waals surface area contributed by atoms with Crippen molar-refractivity contribution in [3.63, 3.8) is 0 Å². The minimum absolute atomic E-state index is 0.0246. The molecule has 5 rings (SSSR count). The monoisotopic (exact) mass is 579 g/mol. The van der Waals surface area contributed by atoms with Crippen molar-refractivity contribution < 1.29 is 24.2 Å². The predicted octanol–water partition coefficient (Wildman–Crippen LogP) is 8.31. The number of nitrogens with zero attached hydrogens (tertiary/aromatic N) is 2. The van der Waals surface area contributed by atoms with Crippen molar-refractivity contribution >= 4 is 51.1 Å². The number of Topliss-reactive ketones (excluding diaryl/α,β-unsaturated/α-hetero) is 1. The van der Waals surface area contributed by atoms with Gasteiger partial charge < -0.3 is 19.9 Å². The molecular weight excluding hydrogens is 554 g/mol. The molecule has 0 radical (unpaired) electrons. The van der Waals surface area contributed by atoms with Crippen LogP contribution in [-0.4, -0.2) is 31.0 Å². The van der Waals surface area contributed by atoms with Crippen molar-refractivity contribution in [1.82, 2.24) is 0 Å². The lowest BCUT2D eigenvalue weighted by Gasteiger charge is -2.13. The van der Waals surface area contributed by atoms with E-state index in [1.807, 2.05) is 36.4 Å². The van der Waals surface area contributed by atoms with Crippen LogP contribution in [0.15, 0.2) is 107 Å². The van der Waals surface area contributed by atoms with Crippen molar-refractivity contribution in [2.24, 2.45) is 10.2 Å². The predicted molar refractivity (Wildman–Crippen MR) is 163 cm³/mol. The Balaban J connectivity index is 1.52. The highest BCUT2D eigenvalue weighted by Crippen LogP contribution is 2.41. The number of hydrogen-bond acceptors (Lipinski definition) is 7. The van der Waals surface area contributed by atoms with Crippen LogP contribution in [0.3, 0.4) is 0 Å². The number of halogens is 1. The van der Waals surface area contributed by atoms with Crippen LogP contribution in [0.2, 0.25) is 5.02 Å². The van der Waals surface area contributed by atoms with Crippen molar-refractivity contribution in [3.8, 4) is 17.2 Å². The van der Waals surface area contributed by atoms with Crippen molar-refractivity contribution in [2.45, 2.75) is 6.42 Å². The summed E-state index contributed by atoms with van der Waals surface area (Å²) >= 11 is 6.12. The molecule has 0 aliphatic heterocycles. The number of hydrogen-bond donors (Lipinski definition) is 2. The van der Waals surface area contributed by atoms with Crippen LogP contribution < -0.4 is 14.8 Å². The standard InChI is InChI=1S/C33H26ClN3O5/c1-41-29-15-13-23(34)19-26(29)35-33(40)25-17-21-10-6-7-11-24(21)31(32(25)39)37-36-27-18-22(12-14-30(27)42-2)28(38)16-20-8-4-3-5-9-20/h3-15,17-19,39H,16H2,1-2H3,(H,35,40). The number of carbonyl (C=O) groups excluding carboxylic acids is 2. The molecule has 0 aliphatic rings. The molecule has 0 aliphatic carbocycles. The molecule has 0 unspecified atom stereocenters. The van der Waals surface area contributed by atoms with Crippen LogP contribution in [0.4, 0.5) is 17.1 Å². The van der Waals surface area contributed by atoms with Gasteiger partial charge in [0.1, 0.15) is 22.9 Å². The second kappa shape index (κ2) is 12.5. The molecule has 0 saturated carbocycles. The van der Waals surface area contributed by atoms with Gasteiger partial charge in [-0.3, -0.25) is 9.59 Å². The third-order valence-corrected chi connectivity index (χ3v) is 6.85. The fraction of sp³-hybridized carbons (Fsp3) is 0.0909. The lowest BCUT2D eigenvalue weighted by molar-refractivity contribution is 0.0990. The summed E-state index contributed by atoms with van der Waals surface area (Å²) in [6.45, 7) is 0. The highest BCUT2D eigenvalue weighted by Gasteiger charge is 2.20. The zero-order valence-corrected chi connectivity index (χ0v) is 23.6. The van der Waals surface area contributed by atoms with E-state index in [2.05, 4.69) is 15.5 Å². The normalized spacial score (nSPS) is 11.0. The molecule has 2 N–H and O–H groups in total. The molecule has 0 aromatic heterocycles. The molecule has 0 heterocycles.